The summed E-state index contributed by atoms with van der Waals surface area (Å²) in [6, 6.07) is 17.8. The summed E-state index contributed by atoms with van der Waals surface area (Å²) in [5.74, 6) is -0.311. The Labute approximate surface area is 134 Å². The summed E-state index contributed by atoms with van der Waals surface area (Å²) in [7, 11) is 0. The normalized spacial score (nSPS) is 11.5. The lowest BCUT2D eigenvalue weighted by molar-refractivity contribution is 0.0950. The molecule has 0 fully saturated rings. The van der Waals surface area contributed by atoms with Gasteiger partial charge in [0, 0.05) is 6.20 Å². The van der Waals surface area contributed by atoms with Crippen LogP contribution in [-0.2, 0) is 0 Å². The van der Waals surface area contributed by atoms with E-state index in [9.17, 15) is 4.79 Å². The van der Waals surface area contributed by atoms with E-state index in [-0.39, 0.29) is 5.91 Å². The number of benzene rings is 2. The van der Waals surface area contributed by atoms with Crippen LogP contribution in [0.25, 0.3) is 10.8 Å². The van der Waals surface area contributed by atoms with Crippen LogP contribution in [0.5, 0.6) is 0 Å². The summed E-state index contributed by atoms with van der Waals surface area (Å²) in [5, 5.41) is 6.51. The predicted molar refractivity (Wildman–Crippen MR) is 92.6 cm³/mol. The molecule has 1 amide bonds. The zero-order valence-corrected chi connectivity index (χ0v) is 13.1. The van der Waals surface area contributed by atoms with E-state index >= 15 is 0 Å². The number of nitrogens with zero attached hydrogens (tertiary/aromatic N) is 2. The summed E-state index contributed by atoms with van der Waals surface area (Å²) < 4.78 is 0. The van der Waals surface area contributed by atoms with Gasteiger partial charge in [0.2, 0.25) is 0 Å². The third-order valence-corrected chi connectivity index (χ3v) is 3.64. The largest absolute Gasteiger partial charge is 0.289 e. The van der Waals surface area contributed by atoms with Crippen LogP contribution in [0.3, 0.4) is 0 Å². The minimum atomic E-state index is -0.311. The number of amides is 1. The summed E-state index contributed by atoms with van der Waals surface area (Å²) in [6.45, 7) is 3.79. The molecule has 23 heavy (non-hydrogen) atoms. The Kier molecular flexibility index (Phi) is 4.15. The first-order valence-corrected chi connectivity index (χ1v) is 7.40. The smallest absolute Gasteiger partial charge is 0.266 e. The fourth-order valence-corrected chi connectivity index (χ4v) is 2.33. The molecule has 4 nitrogen and oxygen atoms in total. The van der Waals surface area contributed by atoms with Crippen molar-refractivity contribution < 1.29 is 4.79 Å². The lowest BCUT2D eigenvalue weighted by Gasteiger charge is -2.05. The van der Waals surface area contributed by atoms with Crippen molar-refractivity contribution in [1.29, 1.82) is 0 Å². The van der Waals surface area contributed by atoms with Crippen molar-refractivity contribution in [2.45, 2.75) is 13.8 Å². The van der Waals surface area contributed by atoms with Crippen molar-refractivity contribution in [3.63, 3.8) is 0 Å². The molecule has 0 saturated carbocycles. The van der Waals surface area contributed by atoms with Crippen LogP contribution in [0.2, 0.25) is 0 Å². The lowest BCUT2D eigenvalue weighted by atomic mass is 10.0. The molecular formula is C19H17N3O. The van der Waals surface area contributed by atoms with Gasteiger partial charge in [-0.05, 0) is 53.9 Å². The molecule has 0 saturated heterocycles. The van der Waals surface area contributed by atoms with Crippen LogP contribution < -0.4 is 5.43 Å². The number of carbonyl (C=O) groups is 1. The second-order valence-corrected chi connectivity index (χ2v) is 5.42. The molecule has 0 unspecified atom stereocenters. The van der Waals surface area contributed by atoms with E-state index in [1.165, 1.54) is 5.39 Å². The van der Waals surface area contributed by atoms with Crippen LogP contribution in [0.1, 0.15) is 28.5 Å². The highest BCUT2D eigenvalue weighted by molar-refractivity contribution is 6.03. The number of rotatable bonds is 3. The molecule has 2 aromatic carbocycles. The van der Waals surface area contributed by atoms with Crippen molar-refractivity contribution in [1.82, 2.24) is 10.4 Å². The van der Waals surface area contributed by atoms with Gasteiger partial charge in [0.15, 0.2) is 0 Å². The highest BCUT2D eigenvalue weighted by Crippen LogP contribution is 2.16. The predicted octanol–water partition coefficient (Wildman–Crippen LogP) is 3.70. The standard InChI is InChI=1S/C19H17N3O/c1-13-9-10-20-18(11-13)19(23)22-21-14(2)16-8-7-15-5-3-4-6-17(15)12-16/h3-12H,1-2H3,(H,22,23). The second kappa shape index (κ2) is 6.40. The first-order chi connectivity index (χ1) is 11.1. The van der Waals surface area contributed by atoms with Crippen molar-refractivity contribution >= 4 is 22.4 Å². The van der Waals surface area contributed by atoms with Gasteiger partial charge in [-0.15, -0.1) is 0 Å². The zero-order valence-electron chi connectivity index (χ0n) is 13.1. The molecule has 1 heterocycles. The van der Waals surface area contributed by atoms with Crippen LogP contribution in [0, 0.1) is 6.92 Å². The molecule has 3 rings (SSSR count). The summed E-state index contributed by atoms with van der Waals surface area (Å²) in [6.07, 6.45) is 1.62. The topological polar surface area (TPSA) is 54.4 Å². The van der Waals surface area contributed by atoms with E-state index in [0.717, 1.165) is 22.2 Å². The molecule has 3 aromatic rings. The maximum atomic E-state index is 12.1. The van der Waals surface area contributed by atoms with Gasteiger partial charge in [-0.25, -0.2) is 5.43 Å². The third kappa shape index (κ3) is 3.43. The molecule has 4 heteroatoms. The van der Waals surface area contributed by atoms with Crippen LogP contribution in [-0.4, -0.2) is 16.6 Å². The van der Waals surface area contributed by atoms with Crippen molar-refractivity contribution in [2.24, 2.45) is 5.10 Å². The van der Waals surface area contributed by atoms with Gasteiger partial charge in [0.25, 0.3) is 5.91 Å². The SMILES string of the molecule is CC(=NNC(=O)c1cc(C)ccn1)c1ccc2ccccc2c1. The van der Waals surface area contributed by atoms with Gasteiger partial charge in [0.1, 0.15) is 5.69 Å². The molecule has 1 N–H and O–H groups in total. The number of hydrogen-bond acceptors (Lipinski definition) is 3. The Morgan fingerprint density at radius 2 is 1.83 bits per heavy atom. The maximum Gasteiger partial charge on any atom is 0.289 e. The van der Waals surface area contributed by atoms with E-state index in [4.69, 9.17) is 0 Å². The molecule has 114 valence electrons. The van der Waals surface area contributed by atoms with Crippen molar-refractivity contribution in [3.8, 4) is 0 Å². The summed E-state index contributed by atoms with van der Waals surface area (Å²) in [4.78, 5) is 16.1. The quantitative estimate of drug-likeness (QED) is 0.592. The van der Waals surface area contributed by atoms with Crippen LogP contribution >= 0.6 is 0 Å². The second-order valence-electron chi connectivity index (χ2n) is 5.42. The average Bonchev–Trinajstić information content (AvgIpc) is 2.59. The van der Waals surface area contributed by atoms with Gasteiger partial charge >= 0.3 is 0 Å². The summed E-state index contributed by atoms with van der Waals surface area (Å²) >= 11 is 0. The fourth-order valence-electron chi connectivity index (χ4n) is 2.33. The Morgan fingerprint density at radius 1 is 1.04 bits per heavy atom. The number of fused-ring (bicyclic) bond motifs is 1. The monoisotopic (exact) mass is 303 g/mol. The molecule has 0 radical (unpaired) electrons. The Bertz CT molecular complexity index is 900. The lowest BCUT2D eigenvalue weighted by Crippen LogP contribution is -2.20. The van der Waals surface area contributed by atoms with E-state index in [2.05, 4.69) is 33.7 Å². The molecule has 0 bridgehead atoms. The molecular weight excluding hydrogens is 286 g/mol. The van der Waals surface area contributed by atoms with E-state index in [1.807, 2.05) is 44.2 Å². The summed E-state index contributed by atoms with van der Waals surface area (Å²) in [5.41, 5.74) is 5.63. The van der Waals surface area contributed by atoms with Crippen LogP contribution in [0.4, 0.5) is 0 Å². The number of pyridine rings is 1. The van der Waals surface area contributed by atoms with Gasteiger partial charge in [-0.3, -0.25) is 9.78 Å². The van der Waals surface area contributed by atoms with Crippen molar-refractivity contribution in [2.75, 3.05) is 0 Å². The van der Waals surface area contributed by atoms with E-state index < -0.39 is 0 Å². The number of carbonyl (C=O) groups excluding carboxylic acids is 1. The molecule has 0 aliphatic rings. The van der Waals surface area contributed by atoms with Gasteiger partial charge in [-0.2, -0.15) is 5.10 Å². The van der Waals surface area contributed by atoms with Crippen molar-refractivity contribution in [3.05, 3.63) is 77.6 Å². The maximum absolute atomic E-state index is 12.1. The zero-order chi connectivity index (χ0) is 16.2. The average molecular weight is 303 g/mol. The van der Waals surface area contributed by atoms with E-state index in [1.54, 1.807) is 12.3 Å². The minimum Gasteiger partial charge on any atom is -0.266 e. The fraction of sp³-hybridized carbons (Fsp3) is 0.105. The number of hydrazone groups is 1. The Morgan fingerprint density at radius 3 is 2.61 bits per heavy atom. The number of nitrogens with one attached hydrogen (secondary N) is 1. The minimum absolute atomic E-state index is 0.311. The third-order valence-electron chi connectivity index (χ3n) is 3.64. The Balaban J connectivity index is 1.79. The highest BCUT2D eigenvalue weighted by Gasteiger charge is 2.06. The first-order valence-electron chi connectivity index (χ1n) is 7.40. The van der Waals surface area contributed by atoms with E-state index in [0.29, 0.717) is 5.69 Å². The Hall–Kier alpha value is -3.01. The number of hydrogen-bond donors (Lipinski definition) is 1. The van der Waals surface area contributed by atoms with Gasteiger partial charge < -0.3 is 0 Å². The van der Waals surface area contributed by atoms with Gasteiger partial charge in [0.05, 0.1) is 5.71 Å². The highest BCUT2D eigenvalue weighted by atomic mass is 16.2. The van der Waals surface area contributed by atoms with Crippen LogP contribution in [0.15, 0.2) is 65.9 Å². The molecule has 0 spiro atoms. The first kappa shape index (κ1) is 14.9. The van der Waals surface area contributed by atoms with Gasteiger partial charge in [-0.1, -0.05) is 36.4 Å². The number of aromatic nitrogens is 1. The molecule has 0 atom stereocenters. The molecule has 0 aliphatic carbocycles. The molecule has 0 aliphatic heterocycles. The molecule has 1 aromatic heterocycles. The number of aryl methyl sites for hydroxylation is 1.